The highest BCUT2D eigenvalue weighted by Gasteiger charge is 2.17. The summed E-state index contributed by atoms with van der Waals surface area (Å²) < 4.78 is 6.61. The molecule has 1 N–H and O–H groups in total. The third-order valence-corrected chi connectivity index (χ3v) is 3.96. The van der Waals surface area contributed by atoms with Gasteiger partial charge in [-0.1, -0.05) is 25.1 Å². The van der Waals surface area contributed by atoms with E-state index in [1.807, 2.05) is 31.2 Å². The minimum absolute atomic E-state index is 0.126. The molecule has 0 unspecified atom stereocenters. The largest absolute Gasteiger partial charge is 0.451 e. The Bertz CT molecular complexity index is 798. The topological polar surface area (TPSA) is 80.6 Å². The Hall–Kier alpha value is -3.09. The van der Waals surface area contributed by atoms with Crippen LogP contribution in [0.2, 0.25) is 0 Å². The molecule has 0 fully saturated rings. The van der Waals surface area contributed by atoms with Gasteiger partial charge in [0.05, 0.1) is 6.54 Å². The van der Waals surface area contributed by atoms with Crippen LogP contribution in [0, 0.1) is 0 Å². The molecule has 1 heterocycles. The molecule has 0 saturated heterocycles. The maximum absolute atomic E-state index is 12.1. The third kappa shape index (κ3) is 4.95. The number of carbonyl (C=O) groups is 3. The predicted molar refractivity (Wildman–Crippen MR) is 97.8 cm³/mol. The summed E-state index contributed by atoms with van der Waals surface area (Å²) in [5.74, 6) is -1.34. The van der Waals surface area contributed by atoms with Crippen LogP contribution in [-0.2, 0) is 27.8 Å². The van der Waals surface area contributed by atoms with Crippen LogP contribution in [-0.4, -0.2) is 47.4 Å². The highest BCUT2D eigenvalue weighted by atomic mass is 16.5. The number of anilines is 1. The van der Waals surface area contributed by atoms with Crippen LogP contribution in [0.15, 0.2) is 42.6 Å². The van der Waals surface area contributed by atoms with Gasteiger partial charge in [0.15, 0.2) is 6.61 Å². The van der Waals surface area contributed by atoms with Crippen LogP contribution >= 0.6 is 0 Å². The lowest BCUT2D eigenvalue weighted by molar-refractivity contribution is -0.136. The minimum Gasteiger partial charge on any atom is -0.451 e. The Morgan fingerprint density at radius 3 is 2.54 bits per heavy atom. The number of hydrogen-bond acceptors (Lipinski definition) is 4. The monoisotopic (exact) mass is 357 g/mol. The fourth-order valence-corrected chi connectivity index (χ4v) is 2.43. The number of aromatic nitrogens is 1. The van der Waals surface area contributed by atoms with Crippen molar-refractivity contribution >= 4 is 23.5 Å². The molecule has 0 spiro atoms. The molecule has 0 saturated carbocycles. The van der Waals surface area contributed by atoms with Gasteiger partial charge in [-0.3, -0.25) is 9.59 Å². The minimum atomic E-state index is -0.583. The van der Waals surface area contributed by atoms with Crippen LogP contribution in [0.1, 0.15) is 23.0 Å². The van der Waals surface area contributed by atoms with E-state index < -0.39 is 18.5 Å². The molecule has 0 aliphatic heterocycles. The highest BCUT2D eigenvalue weighted by molar-refractivity contribution is 5.95. The summed E-state index contributed by atoms with van der Waals surface area (Å²) >= 11 is 0. The number of rotatable bonds is 7. The van der Waals surface area contributed by atoms with Gasteiger partial charge in [-0.05, 0) is 30.2 Å². The van der Waals surface area contributed by atoms with Crippen molar-refractivity contribution in [1.29, 1.82) is 0 Å². The average Bonchev–Trinajstić information content (AvgIpc) is 3.05. The van der Waals surface area contributed by atoms with Crippen molar-refractivity contribution in [3.63, 3.8) is 0 Å². The number of para-hydroxylation sites is 1. The van der Waals surface area contributed by atoms with Gasteiger partial charge in [0.1, 0.15) is 5.69 Å². The zero-order valence-corrected chi connectivity index (χ0v) is 15.2. The number of aryl methyl sites for hydroxylation is 2. The lowest BCUT2D eigenvalue weighted by atomic mass is 10.1. The van der Waals surface area contributed by atoms with Gasteiger partial charge in [0, 0.05) is 26.0 Å². The smallest absolute Gasteiger partial charge is 0.355 e. The molecular formula is C19H23N3O4. The van der Waals surface area contributed by atoms with Crippen LogP contribution in [0.3, 0.4) is 0 Å². The average molecular weight is 357 g/mol. The lowest BCUT2D eigenvalue weighted by Crippen LogP contribution is -2.37. The summed E-state index contributed by atoms with van der Waals surface area (Å²) in [6.07, 6.45) is 2.50. The summed E-state index contributed by atoms with van der Waals surface area (Å²) in [5, 5.41) is 2.80. The molecule has 1 aromatic carbocycles. The van der Waals surface area contributed by atoms with Crippen molar-refractivity contribution in [3.8, 4) is 0 Å². The number of likely N-dealkylation sites (N-methyl/N-ethyl adjacent to an activating group) is 1. The maximum atomic E-state index is 12.1. The van der Waals surface area contributed by atoms with E-state index in [1.165, 1.54) is 11.9 Å². The molecule has 7 nitrogen and oxygen atoms in total. The Morgan fingerprint density at radius 1 is 1.15 bits per heavy atom. The standard InChI is InChI=1S/C19H23N3O4/c1-4-14-8-5-6-9-15(14)20-17(23)12-22(3)18(24)13-26-19(25)16-10-7-11-21(16)2/h5-11H,4,12-13H2,1-3H3,(H,20,23). The van der Waals surface area contributed by atoms with E-state index in [0.29, 0.717) is 5.69 Å². The molecule has 0 radical (unpaired) electrons. The summed E-state index contributed by atoms with van der Waals surface area (Å²) in [7, 11) is 3.20. The van der Waals surface area contributed by atoms with Gasteiger partial charge in [0.25, 0.3) is 5.91 Å². The zero-order valence-electron chi connectivity index (χ0n) is 15.2. The van der Waals surface area contributed by atoms with Gasteiger partial charge in [-0.25, -0.2) is 4.79 Å². The summed E-state index contributed by atoms with van der Waals surface area (Å²) in [6, 6.07) is 10.8. The number of nitrogens with one attached hydrogen (secondary N) is 1. The number of carbonyl (C=O) groups excluding carboxylic acids is 3. The Balaban J connectivity index is 1.83. The van der Waals surface area contributed by atoms with Gasteiger partial charge < -0.3 is 19.5 Å². The summed E-state index contributed by atoms with van der Waals surface area (Å²) in [4.78, 5) is 37.3. The molecule has 2 amide bonds. The van der Waals surface area contributed by atoms with Gasteiger partial charge in [0.2, 0.25) is 5.91 Å². The first-order valence-corrected chi connectivity index (χ1v) is 8.32. The fourth-order valence-electron chi connectivity index (χ4n) is 2.43. The van der Waals surface area contributed by atoms with Crippen molar-refractivity contribution in [2.45, 2.75) is 13.3 Å². The van der Waals surface area contributed by atoms with E-state index >= 15 is 0 Å². The Kier molecular flexibility index (Phi) is 6.54. The summed E-state index contributed by atoms with van der Waals surface area (Å²) in [6.45, 7) is 1.46. The number of benzene rings is 1. The SMILES string of the molecule is CCc1ccccc1NC(=O)CN(C)C(=O)COC(=O)c1cccn1C. The van der Waals surface area contributed by atoms with Gasteiger partial charge in [-0.2, -0.15) is 0 Å². The van der Waals surface area contributed by atoms with Crippen LogP contribution in [0.25, 0.3) is 0 Å². The van der Waals surface area contributed by atoms with Crippen molar-refractivity contribution in [1.82, 2.24) is 9.47 Å². The number of esters is 1. The van der Waals surface area contributed by atoms with Crippen molar-refractivity contribution < 1.29 is 19.1 Å². The normalized spacial score (nSPS) is 10.3. The quantitative estimate of drug-likeness (QED) is 0.767. The van der Waals surface area contributed by atoms with E-state index in [0.717, 1.165) is 17.7 Å². The molecule has 0 atom stereocenters. The first-order chi connectivity index (χ1) is 12.4. The Labute approximate surface area is 152 Å². The molecule has 1 aromatic heterocycles. The van der Waals surface area contributed by atoms with Crippen LogP contribution in [0.4, 0.5) is 5.69 Å². The first-order valence-electron chi connectivity index (χ1n) is 8.32. The zero-order chi connectivity index (χ0) is 19.1. The van der Waals surface area contributed by atoms with E-state index in [2.05, 4.69) is 5.32 Å². The lowest BCUT2D eigenvalue weighted by Gasteiger charge is -2.17. The second-order valence-corrected chi connectivity index (χ2v) is 5.89. The maximum Gasteiger partial charge on any atom is 0.355 e. The number of nitrogens with zero attached hydrogens (tertiary/aromatic N) is 2. The number of amides is 2. The molecule has 2 rings (SSSR count). The molecule has 7 heteroatoms. The molecule has 2 aromatic rings. The molecule has 138 valence electrons. The van der Waals surface area contributed by atoms with E-state index in [9.17, 15) is 14.4 Å². The number of ether oxygens (including phenoxy) is 1. The molecular weight excluding hydrogens is 334 g/mol. The number of hydrogen-bond donors (Lipinski definition) is 1. The van der Waals surface area contributed by atoms with Gasteiger partial charge >= 0.3 is 5.97 Å². The second-order valence-electron chi connectivity index (χ2n) is 5.89. The molecule has 26 heavy (non-hydrogen) atoms. The second kappa shape index (κ2) is 8.84. The van der Waals surface area contributed by atoms with Crippen molar-refractivity contribution in [2.24, 2.45) is 7.05 Å². The van der Waals surface area contributed by atoms with Crippen LogP contribution < -0.4 is 5.32 Å². The summed E-state index contributed by atoms with van der Waals surface area (Å²) in [5.41, 5.74) is 2.11. The van der Waals surface area contributed by atoms with Crippen molar-refractivity contribution in [2.75, 3.05) is 25.5 Å². The van der Waals surface area contributed by atoms with Crippen molar-refractivity contribution in [3.05, 3.63) is 53.9 Å². The van der Waals surface area contributed by atoms with Gasteiger partial charge in [-0.15, -0.1) is 0 Å². The first kappa shape index (κ1) is 19.2. The third-order valence-electron chi connectivity index (χ3n) is 3.96. The Morgan fingerprint density at radius 2 is 1.88 bits per heavy atom. The van der Waals surface area contributed by atoms with Crippen LogP contribution in [0.5, 0.6) is 0 Å². The van der Waals surface area contributed by atoms with E-state index in [4.69, 9.17) is 4.74 Å². The van der Waals surface area contributed by atoms with E-state index in [1.54, 1.807) is 29.9 Å². The fraction of sp³-hybridized carbons (Fsp3) is 0.316. The predicted octanol–water partition coefficient (Wildman–Crippen LogP) is 1.84. The molecule has 0 aliphatic rings. The molecule has 0 bridgehead atoms. The van der Waals surface area contributed by atoms with E-state index in [-0.39, 0.29) is 12.5 Å². The highest BCUT2D eigenvalue weighted by Crippen LogP contribution is 2.15. The molecule has 0 aliphatic carbocycles.